The normalized spacial score (nSPS) is 12.4. The van der Waals surface area contributed by atoms with Gasteiger partial charge in [-0.15, -0.1) is 0 Å². The number of hydrogen-bond donors (Lipinski definition) is 1. The summed E-state index contributed by atoms with van der Waals surface area (Å²) in [7, 11) is -3.74. The number of nitrogens with one attached hydrogen (secondary N) is 1. The smallest absolute Gasteiger partial charge is 0.322 e. The number of aromatic nitrogens is 2. The Morgan fingerprint density at radius 3 is 2.20 bits per heavy atom. The van der Waals surface area contributed by atoms with Crippen molar-refractivity contribution in [2.45, 2.75) is 31.0 Å². The van der Waals surface area contributed by atoms with Crippen LogP contribution in [0.2, 0.25) is 0 Å². The van der Waals surface area contributed by atoms with Gasteiger partial charge in [0.2, 0.25) is 15.6 Å². The fourth-order valence-electron chi connectivity index (χ4n) is 3.87. The highest BCUT2D eigenvalue weighted by molar-refractivity contribution is 7.89. The summed E-state index contributed by atoms with van der Waals surface area (Å²) in [6.45, 7) is 2.26. The molecule has 6 nitrogen and oxygen atoms in total. The van der Waals surface area contributed by atoms with Crippen LogP contribution in [0.1, 0.15) is 29.2 Å². The predicted molar refractivity (Wildman–Crippen MR) is 126 cm³/mol. The molecular weight excluding hydrogens is 479 g/mol. The number of benzene rings is 2. The third-order valence-electron chi connectivity index (χ3n) is 5.64. The summed E-state index contributed by atoms with van der Waals surface area (Å²) in [5.74, 6) is 0. The van der Waals surface area contributed by atoms with E-state index >= 15 is 0 Å². The van der Waals surface area contributed by atoms with E-state index in [0.29, 0.717) is 18.1 Å². The van der Waals surface area contributed by atoms with Crippen molar-refractivity contribution < 1.29 is 21.6 Å². The second kappa shape index (κ2) is 9.63. The maximum atomic E-state index is 13.4. The van der Waals surface area contributed by atoms with Gasteiger partial charge in [0.25, 0.3) is 0 Å². The third-order valence-corrected chi connectivity index (χ3v) is 7.58. The molecule has 0 aliphatic rings. The van der Waals surface area contributed by atoms with E-state index in [4.69, 9.17) is 0 Å². The molecule has 0 atom stereocenters. The third kappa shape index (κ3) is 5.44. The van der Waals surface area contributed by atoms with Crippen LogP contribution < -0.4 is 5.56 Å². The molecule has 2 aromatic carbocycles. The SMILES string of the molecule is CCN(Cc1ccncc1)S(=O)(=O)c1ccc(Cc2ccc3[nH]c(=O)cc(C(F)(F)F)c3c2)cc1. The van der Waals surface area contributed by atoms with E-state index < -0.39 is 27.3 Å². The second-order valence-electron chi connectivity index (χ2n) is 8.03. The number of H-pyrrole nitrogens is 1. The highest BCUT2D eigenvalue weighted by atomic mass is 32.2. The molecular formula is C25H22F3N3O3S. The van der Waals surface area contributed by atoms with Gasteiger partial charge in [-0.1, -0.05) is 25.1 Å². The van der Waals surface area contributed by atoms with Gasteiger partial charge >= 0.3 is 6.18 Å². The molecule has 0 saturated heterocycles. The van der Waals surface area contributed by atoms with E-state index in [-0.39, 0.29) is 28.9 Å². The Kier molecular flexibility index (Phi) is 6.77. The molecule has 2 aromatic heterocycles. The Hall–Kier alpha value is -3.50. The lowest BCUT2D eigenvalue weighted by Crippen LogP contribution is -2.30. The van der Waals surface area contributed by atoms with Gasteiger partial charge in [0.15, 0.2) is 0 Å². The monoisotopic (exact) mass is 501 g/mol. The molecule has 0 radical (unpaired) electrons. The van der Waals surface area contributed by atoms with Crippen LogP contribution in [0.5, 0.6) is 0 Å². The van der Waals surface area contributed by atoms with Gasteiger partial charge in [0.1, 0.15) is 0 Å². The molecule has 2 heterocycles. The minimum Gasteiger partial charge on any atom is -0.322 e. The van der Waals surface area contributed by atoms with Crippen molar-refractivity contribution in [3.63, 3.8) is 0 Å². The molecule has 0 amide bonds. The van der Waals surface area contributed by atoms with E-state index in [1.54, 1.807) is 49.6 Å². The topological polar surface area (TPSA) is 83.1 Å². The van der Waals surface area contributed by atoms with Crippen LogP contribution in [0, 0.1) is 0 Å². The first-order valence-corrected chi connectivity index (χ1v) is 12.2. The molecule has 4 rings (SSSR count). The highest BCUT2D eigenvalue weighted by Crippen LogP contribution is 2.33. The number of halogens is 3. The molecule has 0 aliphatic carbocycles. The first-order valence-electron chi connectivity index (χ1n) is 10.8. The van der Waals surface area contributed by atoms with E-state index in [2.05, 4.69) is 9.97 Å². The fourth-order valence-corrected chi connectivity index (χ4v) is 5.31. The van der Waals surface area contributed by atoms with Crippen LogP contribution >= 0.6 is 0 Å². The second-order valence-corrected chi connectivity index (χ2v) is 9.97. The average molecular weight is 502 g/mol. The van der Waals surface area contributed by atoms with Crippen molar-refractivity contribution in [2.24, 2.45) is 0 Å². The van der Waals surface area contributed by atoms with Gasteiger partial charge < -0.3 is 4.98 Å². The number of hydrogen-bond acceptors (Lipinski definition) is 4. The van der Waals surface area contributed by atoms with Gasteiger partial charge in [0, 0.05) is 42.5 Å². The van der Waals surface area contributed by atoms with Crippen LogP contribution in [0.4, 0.5) is 13.2 Å². The Bertz CT molecular complexity index is 1500. The summed E-state index contributed by atoms with van der Waals surface area (Å²) in [4.78, 5) is 18.1. The number of alkyl halides is 3. The van der Waals surface area contributed by atoms with E-state index in [9.17, 15) is 26.4 Å². The van der Waals surface area contributed by atoms with Gasteiger partial charge in [0.05, 0.1) is 10.5 Å². The summed E-state index contributed by atoms with van der Waals surface area (Å²) in [6, 6.07) is 14.8. The summed E-state index contributed by atoms with van der Waals surface area (Å²) < 4.78 is 67.9. The van der Waals surface area contributed by atoms with E-state index in [1.807, 2.05) is 0 Å². The first kappa shape index (κ1) is 24.6. The van der Waals surface area contributed by atoms with Gasteiger partial charge in [-0.2, -0.15) is 17.5 Å². The molecule has 182 valence electrons. The van der Waals surface area contributed by atoms with Crippen molar-refractivity contribution >= 4 is 20.9 Å². The van der Waals surface area contributed by atoms with Gasteiger partial charge in [-0.05, 0) is 59.5 Å². The van der Waals surface area contributed by atoms with Crippen molar-refractivity contribution in [1.82, 2.24) is 14.3 Å². The zero-order valence-corrected chi connectivity index (χ0v) is 19.5. The van der Waals surface area contributed by atoms with Crippen molar-refractivity contribution in [1.29, 1.82) is 0 Å². The van der Waals surface area contributed by atoms with Crippen molar-refractivity contribution in [3.05, 3.63) is 106 Å². The van der Waals surface area contributed by atoms with Crippen molar-refractivity contribution in [2.75, 3.05) is 6.54 Å². The number of rotatable bonds is 7. The summed E-state index contributed by atoms with van der Waals surface area (Å²) >= 11 is 0. The zero-order valence-electron chi connectivity index (χ0n) is 18.7. The number of pyridine rings is 2. The standard InChI is InChI=1S/C25H22F3N3O3S/c1-2-31(16-18-9-11-29-12-10-18)35(33,34)20-6-3-17(4-7-20)13-19-5-8-23-21(14-19)22(25(26,27)28)15-24(32)30-23/h3-12,14-15H,2,13,16H2,1H3,(H,30,32). The summed E-state index contributed by atoms with van der Waals surface area (Å²) in [6.07, 6.45) is -1.16. The maximum absolute atomic E-state index is 13.4. The average Bonchev–Trinajstić information content (AvgIpc) is 2.82. The quantitative estimate of drug-likeness (QED) is 0.397. The molecule has 0 fully saturated rings. The number of sulfonamides is 1. The minimum atomic E-state index is -4.66. The van der Waals surface area contributed by atoms with E-state index in [1.165, 1.54) is 28.6 Å². The molecule has 35 heavy (non-hydrogen) atoms. The lowest BCUT2D eigenvalue weighted by molar-refractivity contribution is -0.136. The molecule has 0 aliphatic heterocycles. The predicted octanol–water partition coefficient (Wildman–Crippen LogP) is 4.74. The summed E-state index contributed by atoms with van der Waals surface area (Å²) in [5.41, 5.74) is 0.437. The first-order chi connectivity index (χ1) is 16.6. The maximum Gasteiger partial charge on any atom is 0.417 e. The Morgan fingerprint density at radius 1 is 0.914 bits per heavy atom. The van der Waals surface area contributed by atoms with Crippen LogP contribution in [0.3, 0.4) is 0 Å². The van der Waals surface area contributed by atoms with E-state index in [0.717, 1.165) is 11.1 Å². The molecule has 10 heteroatoms. The van der Waals surface area contributed by atoms with Crippen LogP contribution in [0.15, 0.2) is 82.7 Å². The van der Waals surface area contributed by atoms with Gasteiger partial charge in [-0.3, -0.25) is 9.78 Å². The number of aromatic amines is 1. The Labute approximate surface area is 200 Å². The molecule has 0 spiro atoms. The lowest BCUT2D eigenvalue weighted by Gasteiger charge is -2.20. The summed E-state index contributed by atoms with van der Waals surface area (Å²) in [5, 5.41) is -0.0940. The Morgan fingerprint density at radius 2 is 1.57 bits per heavy atom. The largest absolute Gasteiger partial charge is 0.417 e. The lowest BCUT2D eigenvalue weighted by atomic mass is 10.0. The molecule has 1 N–H and O–H groups in total. The Balaban J connectivity index is 1.58. The zero-order chi connectivity index (χ0) is 25.2. The van der Waals surface area contributed by atoms with Crippen LogP contribution in [-0.2, 0) is 29.2 Å². The van der Waals surface area contributed by atoms with Crippen LogP contribution in [0.25, 0.3) is 10.9 Å². The van der Waals surface area contributed by atoms with Crippen molar-refractivity contribution in [3.8, 4) is 0 Å². The van der Waals surface area contributed by atoms with Crippen LogP contribution in [-0.4, -0.2) is 29.2 Å². The molecule has 4 aromatic rings. The fraction of sp³-hybridized carbons (Fsp3) is 0.200. The number of fused-ring (bicyclic) bond motifs is 1. The molecule has 0 saturated carbocycles. The highest BCUT2D eigenvalue weighted by Gasteiger charge is 2.33. The van der Waals surface area contributed by atoms with Gasteiger partial charge in [-0.25, -0.2) is 8.42 Å². The number of nitrogens with zero attached hydrogens (tertiary/aromatic N) is 2. The minimum absolute atomic E-state index is 0.0940. The molecule has 0 bridgehead atoms. The molecule has 0 unspecified atom stereocenters.